The lowest BCUT2D eigenvalue weighted by molar-refractivity contribution is -0.140. The number of piperidine rings is 1. The van der Waals surface area contributed by atoms with E-state index in [1.165, 1.54) is 31.7 Å². The molecule has 1 spiro atoms. The second kappa shape index (κ2) is 7.20. The number of fused-ring (bicyclic) bond motifs is 2. The van der Waals surface area contributed by atoms with Gasteiger partial charge < -0.3 is 9.80 Å². The highest BCUT2D eigenvalue weighted by atomic mass is 19.1. The van der Waals surface area contributed by atoms with Crippen molar-refractivity contribution in [3.05, 3.63) is 35.1 Å². The number of benzene rings is 1. The fourth-order valence-corrected chi connectivity index (χ4v) is 5.90. The van der Waals surface area contributed by atoms with E-state index < -0.39 is 5.41 Å². The number of likely N-dealkylation sites (N-methyl/N-ethyl adjacent to an activating group) is 1. The Balaban J connectivity index is 1.51. The van der Waals surface area contributed by atoms with Crippen LogP contribution in [0.15, 0.2) is 18.2 Å². The van der Waals surface area contributed by atoms with Crippen LogP contribution in [0.5, 0.6) is 0 Å². The van der Waals surface area contributed by atoms with Gasteiger partial charge in [0.2, 0.25) is 5.91 Å². The lowest BCUT2D eigenvalue weighted by Gasteiger charge is -2.49. The number of hydrogen-bond donors (Lipinski definition) is 0. The molecule has 1 aliphatic carbocycles. The first-order chi connectivity index (χ1) is 12.9. The molecule has 2 fully saturated rings. The molecule has 1 saturated heterocycles. The first-order valence-electron chi connectivity index (χ1n) is 10.7. The molecule has 0 aromatic heterocycles. The molecule has 3 nitrogen and oxygen atoms in total. The Hall–Kier alpha value is -1.42. The monoisotopic (exact) mass is 372 g/mol. The Labute approximate surface area is 162 Å². The molecule has 2 aliphatic heterocycles. The average molecular weight is 373 g/mol. The molecule has 0 N–H and O–H groups in total. The molecule has 0 radical (unpaired) electrons. The van der Waals surface area contributed by atoms with E-state index >= 15 is 0 Å². The summed E-state index contributed by atoms with van der Waals surface area (Å²) in [7, 11) is 1.86. The predicted molar refractivity (Wildman–Crippen MR) is 106 cm³/mol. The Morgan fingerprint density at radius 1 is 1.11 bits per heavy atom. The van der Waals surface area contributed by atoms with Gasteiger partial charge in [-0.1, -0.05) is 26.0 Å². The number of halogens is 1. The van der Waals surface area contributed by atoms with E-state index in [0.29, 0.717) is 18.2 Å². The third-order valence-electron chi connectivity index (χ3n) is 7.59. The van der Waals surface area contributed by atoms with Gasteiger partial charge in [-0.25, -0.2) is 4.39 Å². The number of likely N-dealkylation sites (tertiary alicyclic amines) is 1. The largest absolute Gasteiger partial charge is 0.341 e. The summed E-state index contributed by atoms with van der Waals surface area (Å²) in [6.07, 6.45) is 6.68. The molecule has 0 unspecified atom stereocenters. The Kier molecular flexibility index (Phi) is 5.04. The van der Waals surface area contributed by atoms with Crippen LogP contribution in [0.25, 0.3) is 0 Å². The van der Waals surface area contributed by atoms with Gasteiger partial charge in [0, 0.05) is 25.2 Å². The molecule has 148 valence electrons. The standard InChI is InChI=1S/C23H33FN2O/c1-16(2)17-7-9-19(10-8-17)26-13-11-23(12-14-26)21-18(5-4-6-20(21)24)15-25(3)22(23)27/h4-6,16-17,19H,7-15H2,1-3H3. The minimum atomic E-state index is -0.653. The molecule has 3 aliphatic rings. The van der Waals surface area contributed by atoms with Crippen LogP contribution < -0.4 is 0 Å². The summed E-state index contributed by atoms with van der Waals surface area (Å²) < 4.78 is 14.8. The van der Waals surface area contributed by atoms with Crippen molar-refractivity contribution < 1.29 is 9.18 Å². The SMILES string of the molecule is CC(C)C1CCC(N2CCC3(CC2)C(=O)N(C)Cc2cccc(F)c23)CC1. The van der Waals surface area contributed by atoms with Crippen molar-refractivity contribution in [1.82, 2.24) is 9.80 Å². The van der Waals surface area contributed by atoms with Gasteiger partial charge in [0.25, 0.3) is 0 Å². The molecular formula is C23H33FN2O. The highest BCUT2D eigenvalue weighted by molar-refractivity contribution is 5.90. The molecule has 4 rings (SSSR count). The van der Waals surface area contributed by atoms with E-state index in [2.05, 4.69) is 18.7 Å². The number of rotatable bonds is 2. The molecule has 1 aromatic carbocycles. The van der Waals surface area contributed by atoms with Crippen molar-refractivity contribution in [2.75, 3.05) is 20.1 Å². The van der Waals surface area contributed by atoms with Crippen LogP contribution in [0.2, 0.25) is 0 Å². The van der Waals surface area contributed by atoms with E-state index in [-0.39, 0.29) is 11.7 Å². The van der Waals surface area contributed by atoms with Crippen LogP contribution in [0, 0.1) is 17.7 Å². The highest BCUT2D eigenvalue weighted by Gasteiger charge is 2.50. The maximum absolute atomic E-state index is 14.8. The maximum Gasteiger partial charge on any atom is 0.233 e. The van der Waals surface area contributed by atoms with Gasteiger partial charge in [-0.05, 0) is 75.1 Å². The zero-order chi connectivity index (χ0) is 19.2. The fraction of sp³-hybridized carbons (Fsp3) is 0.696. The number of nitrogens with zero attached hydrogens (tertiary/aromatic N) is 2. The van der Waals surface area contributed by atoms with Gasteiger partial charge in [0.15, 0.2) is 0 Å². The zero-order valence-corrected chi connectivity index (χ0v) is 17.0. The summed E-state index contributed by atoms with van der Waals surface area (Å²) in [4.78, 5) is 17.5. The van der Waals surface area contributed by atoms with E-state index in [1.54, 1.807) is 11.0 Å². The molecule has 0 atom stereocenters. The van der Waals surface area contributed by atoms with Crippen LogP contribution in [-0.4, -0.2) is 41.9 Å². The molecule has 2 heterocycles. The Morgan fingerprint density at radius 3 is 2.41 bits per heavy atom. The summed E-state index contributed by atoms with van der Waals surface area (Å²) in [5.41, 5.74) is 1.03. The van der Waals surface area contributed by atoms with Gasteiger partial charge in [-0.15, -0.1) is 0 Å². The van der Waals surface area contributed by atoms with Crippen molar-refractivity contribution in [2.45, 2.75) is 70.4 Å². The lowest BCUT2D eigenvalue weighted by Crippen LogP contribution is -2.56. The highest BCUT2D eigenvalue weighted by Crippen LogP contribution is 2.44. The second-order valence-electron chi connectivity index (χ2n) is 9.37. The Bertz CT molecular complexity index is 700. The van der Waals surface area contributed by atoms with Crippen LogP contribution >= 0.6 is 0 Å². The number of amides is 1. The van der Waals surface area contributed by atoms with Crippen molar-refractivity contribution >= 4 is 5.91 Å². The maximum atomic E-state index is 14.8. The van der Waals surface area contributed by atoms with E-state index in [1.807, 2.05) is 13.1 Å². The summed E-state index contributed by atoms with van der Waals surface area (Å²) in [5.74, 6) is 1.57. The predicted octanol–water partition coefficient (Wildman–Crippen LogP) is 4.35. The second-order valence-corrected chi connectivity index (χ2v) is 9.37. The summed E-state index contributed by atoms with van der Waals surface area (Å²) in [6, 6.07) is 5.93. The lowest BCUT2D eigenvalue weighted by atomic mass is 9.67. The molecule has 1 aromatic rings. The van der Waals surface area contributed by atoms with Crippen molar-refractivity contribution in [2.24, 2.45) is 11.8 Å². The van der Waals surface area contributed by atoms with Crippen molar-refractivity contribution in [1.29, 1.82) is 0 Å². The minimum Gasteiger partial charge on any atom is -0.341 e. The van der Waals surface area contributed by atoms with E-state index in [4.69, 9.17) is 0 Å². The third-order valence-corrected chi connectivity index (χ3v) is 7.59. The zero-order valence-electron chi connectivity index (χ0n) is 17.0. The Morgan fingerprint density at radius 2 is 1.78 bits per heavy atom. The molecule has 27 heavy (non-hydrogen) atoms. The smallest absolute Gasteiger partial charge is 0.233 e. The van der Waals surface area contributed by atoms with Crippen LogP contribution in [0.1, 0.15) is 63.5 Å². The fourth-order valence-electron chi connectivity index (χ4n) is 5.90. The van der Waals surface area contributed by atoms with Crippen LogP contribution in [0.4, 0.5) is 4.39 Å². The topological polar surface area (TPSA) is 23.6 Å². The quantitative estimate of drug-likeness (QED) is 0.771. The summed E-state index contributed by atoms with van der Waals surface area (Å²) >= 11 is 0. The normalized spacial score (nSPS) is 28.6. The molecule has 1 amide bonds. The van der Waals surface area contributed by atoms with Crippen molar-refractivity contribution in [3.8, 4) is 0 Å². The van der Waals surface area contributed by atoms with Gasteiger partial charge >= 0.3 is 0 Å². The van der Waals surface area contributed by atoms with E-state index in [9.17, 15) is 9.18 Å². The molecular weight excluding hydrogens is 339 g/mol. The third kappa shape index (κ3) is 3.20. The number of hydrogen-bond acceptors (Lipinski definition) is 2. The summed E-state index contributed by atoms with van der Waals surface area (Å²) in [6.45, 7) is 7.02. The average Bonchev–Trinajstić information content (AvgIpc) is 2.67. The number of carbonyl (C=O) groups is 1. The molecule has 0 bridgehead atoms. The van der Waals surface area contributed by atoms with Gasteiger partial charge in [-0.3, -0.25) is 4.79 Å². The summed E-state index contributed by atoms with van der Waals surface area (Å²) in [5, 5.41) is 0. The first-order valence-corrected chi connectivity index (χ1v) is 10.7. The minimum absolute atomic E-state index is 0.114. The van der Waals surface area contributed by atoms with Gasteiger partial charge in [-0.2, -0.15) is 0 Å². The van der Waals surface area contributed by atoms with Gasteiger partial charge in [0.05, 0.1) is 5.41 Å². The molecule has 1 saturated carbocycles. The number of carbonyl (C=O) groups excluding carboxylic acids is 1. The molecule has 4 heteroatoms. The first kappa shape index (κ1) is 18.9. The van der Waals surface area contributed by atoms with Crippen molar-refractivity contribution in [3.63, 3.8) is 0 Å². The van der Waals surface area contributed by atoms with Crippen LogP contribution in [-0.2, 0) is 16.8 Å². The van der Waals surface area contributed by atoms with Gasteiger partial charge in [0.1, 0.15) is 5.82 Å². The van der Waals surface area contributed by atoms with Crippen LogP contribution in [0.3, 0.4) is 0 Å². The van der Waals surface area contributed by atoms with E-state index in [0.717, 1.165) is 43.3 Å².